The molecule has 5 heteroatoms. The summed E-state index contributed by atoms with van der Waals surface area (Å²) in [6.07, 6.45) is 0. The van der Waals surface area contributed by atoms with E-state index in [1.165, 1.54) is 0 Å². The van der Waals surface area contributed by atoms with Crippen LogP contribution in [0.25, 0.3) is 0 Å². The Balaban J connectivity index is 2.48. The van der Waals surface area contributed by atoms with E-state index in [1.54, 1.807) is 24.3 Å². The third-order valence-electron chi connectivity index (χ3n) is 2.66. The molecule has 0 heterocycles. The standard InChI is InChI=1S/C13H19N3O2/c1-9(7-15-2)13(18)16-8-10-3-5-11(6-4-10)12(14)17/h3-6,9,15H,7-8H2,1-2H3,(H2,14,17)(H,16,18). The van der Waals surface area contributed by atoms with Gasteiger partial charge < -0.3 is 16.4 Å². The first-order valence-electron chi connectivity index (χ1n) is 5.85. The van der Waals surface area contributed by atoms with Crippen molar-refractivity contribution in [3.63, 3.8) is 0 Å². The van der Waals surface area contributed by atoms with Crippen molar-refractivity contribution in [2.24, 2.45) is 11.7 Å². The Morgan fingerprint density at radius 2 is 1.89 bits per heavy atom. The lowest BCUT2D eigenvalue weighted by atomic mass is 10.1. The van der Waals surface area contributed by atoms with Gasteiger partial charge in [-0.15, -0.1) is 0 Å². The minimum Gasteiger partial charge on any atom is -0.366 e. The van der Waals surface area contributed by atoms with E-state index in [0.717, 1.165) is 5.56 Å². The van der Waals surface area contributed by atoms with E-state index in [0.29, 0.717) is 18.7 Å². The first-order chi connectivity index (χ1) is 8.54. The lowest BCUT2D eigenvalue weighted by Gasteiger charge is -2.11. The van der Waals surface area contributed by atoms with Crippen molar-refractivity contribution in [3.8, 4) is 0 Å². The molecule has 4 N–H and O–H groups in total. The molecular formula is C13H19N3O2. The molecule has 0 aliphatic carbocycles. The molecule has 0 aliphatic rings. The maximum Gasteiger partial charge on any atom is 0.248 e. The van der Waals surface area contributed by atoms with Crippen LogP contribution in [0.5, 0.6) is 0 Å². The second-order valence-electron chi connectivity index (χ2n) is 4.24. The molecule has 0 aromatic heterocycles. The second-order valence-corrected chi connectivity index (χ2v) is 4.24. The third-order valence-corrected chi connectivity index (χ3v) is 2.66. The van der Waals surface area contributed by atoms with Gasteiger partial charge in [0.25, 0.3) is 0 Å². The summed E-state index contributed by atoms with van der Waals surface area (Å²) in [4.78, 5) is 22.5. The Morgan fingerprint density at radius 1 is 1.28 bits per heavy atom. The topological polar surface area (TPSA) is 84.2 Å². The zero-order valence-corrected chi connectivity index (χ0v) is 10.7. The summed E-state index contributed by atoms with van der Waals surface area (Å²) in [6.45, 7) is 2.96. The number of benzene rings is 1. The van der Waals surface area contributed by atoms with Crippen molar-refractivity contribution in [2.75, 3.05) is 13.6 Å². The number of nitrogens with two attached hydrogens (primary N) is 1. The molecule has 0 spiro atoms. The molecule has 5 nitrogen and oxygen atoms in total. The minimum atomic E-state index is -0.451. The molecule has 0 bridgehead atoms. The quantitative estimate of drug-likeness (QED) is 0.676. The molecule has 0 fully saturated rings. The predicted molar refractivity (Wildman–Crippen MR) is 69.9 cm³/mol. The minimum absolute atomic E-state index is 0.00308. The molecule has 1 unspecified atom stereocenters. The monoisotopic (exact) mass is 249 g/mol. The average molecular weight is 249 g/mol. The molecule has 1 rings (SSSR count). The van der Waals surface area contributed by atoms with Crippen LogP contribution >= 0.6 is 0 Å². The molecule has 0 radical (unpaired) electrons. The molecule has 2 amide bonds. The van der Waals surface area contributed by atoms with Gasteiger partial charge in [0.1, 0.15) is 0 Å². The Morgan fingerprint density at radius 3 is 2.39 bits per heavy atom. The second kappa shape index (κ2) is 6.76. The van der Waals surface area contributed by atoms with Crippen molar-refractivity contribution in [1.29, 1.82) is 0 Å². The summed E-state index contributed by atoms with van der Waals surface area (Å²) in [5, 5.41) is 5.79. The number of nitrogens with one attached hydrogen (secondary N) is 2. The largest absolute Gasteiger partial charge is 0.366 e. The van der Waals surface area contributed by atoms with E-state index in [4.69, 9.17) is 5.73 Å². The molecule has 1 atom stereocenters. The Bertz CT molecular complexity index is 415. The number of primary amides is 1. The number of hydrogen-bond donors (Lipinski definition) is 3. The number of hydrogen-bond acceptors (Lipinski definition) is 3. The molecule has 0 saturated heterocycles. The zero-order chi connectivity index (χ0) is 13.5. The van der Waals surface area contributed by atoms with Crippen molar-refractivity contribution >= 4 is 11.8 Å². The zero-order valence-electron chi connectivity index (χ0n) is 10.7. The molecule has 98 valence electrons. The summed E-state index contributed by atoms with van der Waals surface area (Å²) in [7, 11) is 1.81. The van der Waals surface area contributed by atoms with Crippen LogP contribution in [-0.4, -0.2) is 25.4 Å². The van der Waals surface area contributed by atoms with Crippen LogP contribution in [0.2, 0.25) is 0 Å². The van der Waals surface area contributed by atoms with Gasteiger partial charge in [-0.25, -0.2) is 0 Å². The highest BCUT2D eigenvalue weighted by Gasteiger charge is 2.10. The molecule has 0 saturated carbocycles. The van der Waals surface area contributed by atoms with Crippen molar-refractivity contribution in [3.05, 3.63) is 35.4 Å². The highest BCUT2D eigenvalue weighted by atomic mass is 16.2. The lowest BCUT2D eigenvalue weighted by Crippen LogP contribution is -2.33. The van der Waals surface area contributed by atoms with Crippen LogP contribution in [0.4, 0.5) is 0 Å². The molecule has 1 aromatic rings. The summed E-state index contributed by atoms with van der Waals surface area (Å²) in [5.41, 5.74) is 6.54. The lowest BCUT2D eigenvalue weighted by molar-refractivity contribution is -0.124. The van der Waals surface area contributed by atoms with E-state index in [2.05, 4.69) is 10.6 Å². The van der Waals surface area contributed by atoms with Crippen molar-refractivity contribution < 1.29 is 9.59 Å². The summed E-state index contributed by atoms with van der Waals surface area (Å²) < 4.78 is 0. The number of carbonyl (C=O) groups is 2. The van der Waals surface area contributed by atoms with Gasteiger partial charge in [-0.2, -0.15) is 0 Å². The summed E-state index contributed by atoms with van der Waals surface area (Å²) in [6, 6.07) is 6.87. The fourth-order valence-corrected chi connectivity index (χ4v) is 1.55. The predicted octanol–water partition coefficient (Wildman–Crippen LogP) is 0.257. The van der Waals surface area contributed by atoms with Gasteiger partial charge in [0, 0.05) is 24.6 Å². The Labute approximate surface area is 107 Å². The van der Waals surface area contributed by atoms with Gasteiger partial charge in [0.2, 0.25) is 11.8 Å². The molecule has 0 aliphatic heterocycles. The Hall–Kier alpha value is -1.88. The van der Waals surface area contributed by atoms with Crippen LogP contribution in [0.15, 0.2) is 24.3 Å². The highest BCUT2D eigenvalue weighted by Crippen LogP contribution is 2.04. The molecule has 18 heavy (non-hydrogen) atoms. The molecular weight excluding hydrogens is 230 g/mol. The summed E-state index contributed by atoms with van der Waals surface area (Å²) in [5.74, 6) is -0.517. The number of carbonyl (C=O) groups excluding carboxylic acids is 2. The van der Waals surface area contributed by atoms with Gasteiger partial charge in [-0.3, -0.25) is 9.59 Å². The first kappa shape index (κ1) is 14.2. The highest BCUT2D eigenvalue weighted by molar-refractivity contribution is 5.92. The third kappa shape index (κ3) is 4.18. The molecule has 1 aromatic carbocycles. The van der Waals surface area contributed by atoms with Gasteiger partial charge in [-0.1, -0.05) is 19.1 Å². The fraction of sp³-hybridized carbons (Fsp3) is 0.385. The van der Waals surface area contributed by atoms with Gasteiger partial charge in [0.05, 0.1) is 0 Å². The van der Waals surface area contributed by atoms with E-state index >= 15 is 0 Å². The Kier molecular flexibility index (Phi) is 5.32. The van der Waals surface area contributed by atoms with Crippen molar-refractivity contribution in [1.82, 2.24) is 10.6 Å². The van der Waals surface area contributed by atoms with Gasteiger partial charge >= 0.3 is 0 Å². The van der Waals surface area contributed by atoms with Crippen LogP contribution in [0.1, 0.15) is 22.8 Å². The number of rotatable bonds is 6. The maximum atomic E-state index is 11.7. The van der Waals surface area contributed by atoms with Crippen LogP contribution in [0.3, 0.4) is 0 Å². The average Bonchev–Trinajstić information content (AvgIpc) is 2.36. The van der Waals surface area contributed by atoms with E-state index < -0.39 is 5.91 Å². The SMILES string of the molecule is CNCC(C)C(=O)NCc1ccc(C(N)=O)cc1. The number of amides is 2. The van der Waals surface area contributed by atoms with E-state index in [-0.39, 0.29) is 11.8 Å². The van der Waals surface area contributed by atoms with Gasteiger partial charge in [0.15, 0.2) is 0 Å². The maximum absolute atomic E-state index is 11.7. The van der Waals surface area contributed by atoms with Crippen LogP contribution in [-0.2, 0) is 11.3 Å². The smallest absolute Gasteiger partial charge is 0.248 e. The van der Waals surface area contributed by atoms with E-state index in [1.807, 2.05) is 14.0 Å². The summed E-state index contributed by atoms with van der Waals surface area (Å²) >= 11 is 0. The van der Waals surface area contributed by atoms with Gasteiger partial charge in [-0.05, 0) is 24.7 Å². The normalized spacial score (nSPS) is 11.9. The fourth-order valence-electron chi connectivity index (χ4n) is 1.55. The van der Waals surface area contributed by atoms with Crippen LogP contribution in [0, 0.1) is 5.92 Å². The van der Waals surface area contributed by atoms with Crippen molar-refractivity contribution in [2.45, 2.75) is 13.5 Å². The van der Waals surface area contributed by atoms with Crippen LogP contribution < -0.4 is 16.4 Å². The first-order valence-corrected chi connectivity index (χ1v) is 5.85. The van der Waals surface area contributed by atoms with E-state index in [9.17, 15) is 9.59 Å².